The molecule has 0 spiro atoms. The Balaban J connectivity index is 2.77. The summed E-state index contributed by atoms with van der Waals surface area (Å²) < 4.78 is 31.1. The van der Waals surface area contributed by atoms with Crippen LogP contribution in [-0.2, 0) is 19.6 Å². The average Bonchev–Trinajstić information content (AvgIpc) is 2.45. The van der Waals surface area contributed by atoms with E-state index in [1.807, 2.05) is 20.8 Å². The third kappa shape index (κ3) is 5.93. The molecule has 0 aliphatic heterocycles. The Morgan fingerprint density at radius 1 is 1.17 bits per heavy atom. The molecule has 134 valence electrons. The van der Waals surface area contributed by atoms with Gasteiger partial charge in [-0.25, -0.2) is 17.9 Å². The molecule has 0 aliphatic rings. The molecular formula is C16H24N2O5S. The van der Waals surface area contributed by atoms with E-state index < -0.39 is 33.5 Å². The van der Waals surface area contributed by atoms with E-state index in [1.165, 1.54) is 31.2 Å². The summed E-state index contributed by atoms with van der Waals surface area (Å²) in [5, 5.41) is 2.72. The summed E-state index contributed by atoms with van der Waals surface area (Å²) in [5.74, 6) is -1.10. The van der Waals surface area contributed by atoms with Crippen LogP contribution in [0.5, 0.6) is 0 Å². The maximum absolute atomic E-state index is 12.0. The maximum Gasteiger partial charge on any atom is 0.338 e. The monoisotopic (exact) mass is 356 g/mol. The van der Waals surface area contributed by atoms with Gasteiger partial charge in [-0.1, -0.05) is 6.92 Å². The SMILES string of the molecule is CCNS(=O)(=O)c1ccc(C(=O)OC(C)C(=O)NC(C)(C)C)cc1. The summed E-state index contributed by atoms with van der Waals surface area (Å²) in [7, 11) is -3.58. The number of rotatable bonds is 6. The lowest BCUT2D eigenvalue weighted by molar-refractivity contribution is -0.130. The van der Waals surface area contributed by atoms with Crippen LogP contribution < -0.4 is 10.0 Å². The number of benzene rings is 1. The second-order valence-corrected chi connectivity index (χ2v) is 8.08. The number of esters is 1. The van der Waals surface area contributed by atoms with Crippen molar-refractivity contribution in [2.45, 2.75) is 51.2 Å². The molecule has 0 aromatic heterocycles. The van der Waals surface area contributed by atoms with Crippen LogP contribution in [0, 0.1) is 0 Å². The molecule has 1 aromatic carbocycles. The Kier molecular flexibility index (Phi) is 6.50. The molecule has 0 saturated carbocycles. The van der Waals surface area contributed by atoms with Crippen LogP contribution in [-0.4, -0.2) is 38.5 Å². The van der Waals surface area contributed by atoms with Crippen molar-refractivity contribution in [2.75, 3.05) is 6.54 Å². The third-order valence-corrected chi connectivity index (χ3v) is 4.45. The zero-order valence-electron chi connectivity index (χ0n) is 14.5. The largest absolute Gasteiger partial charge is 0.449 e. The van der Waals surface area contributed by atoms with Crippen molar-refractivity contribution >= 4 is 21.9 Å². The number of hydrogen-bond donors (Lipinski definition) is 2. The summed E-state index contributed by atoms with van der Waals surface area (Å²) in [6, 6.07) is 5.32. The van der Waals surface area contributed by atoms with E-state index in [1.54, 1.807) is 6.92 Å². The highest BCUT2D eigenvalue weighted by atomic mass is 32.2. The lowest BCUT2D eigenvalue weighted by Gasteiger charge is -2.23. The quantitative estimate of drug-likeness (QED) is 0.751. The Labute approximate surface area is 142 Å². The fourth-order valence-electron chi connectivity index (χ4n) is 1.80. The Bertz CT molecular complexity index is 690. The van der Waals surface area contributed by atoms with Crippen LogP contribution in [0.15, 0.2) is 29.2 Å². The van der Waals surface area contributed by atoms with E-state index in [0.717, 1.165) is 0 Å². The van der Waals surface area contributed by atoms with E-state index in [2.05, 4.69) is 10.0 Å². The van der Waals surface area contributed by atoms with Gasteiger partial charge in [-0.05, 0) is 52.0 Å². The van der Waals surface area contributed by atoms with E-state index in [9.17, 15) is 18.0 Å². The maximum atomic E-state index is 12.0. The number of amides is 1. The highest BCUT2D eigenvalue weighted by Crippen LogP contribution is 2.12. The van der Waals surface area contributed by atoms with Crippen LogP contribution >= 0.6 is 0 Å². The Morgan fingerprint density at radius 3 is 2.17 bits per heavy atom. The first-order chi connectivity index (χ1) is 11.0. The van der Waals surface area contributed by atoms with Crippen molar-refractivity contribution in [3.63, 3.8) is 0 Å². The first kappa shape index (κ1) is 20.1. The Morgan fingerprint density at radius 2 is 1.71 bits per heavy atom. The molecule has 0 bridgehead atoms. The first-order valence-corrected chi connectivity index (χ1v) is 9.07. The van der Waals surface area contributed by atoms with Crippen LogP contribution in [0.3, 0.4) is 0 Å². The molecule has 0 fully saturated rings. The van der Waals surface area contributed by atoms with Gasteiger partial charge in [0, 0.05) is 12.1 Å². The van der Waals surface area contributed by atoms with E-state index in [4.69, 9.17) is 4.74 Å². The van der Waals surface area contributed by atoms with E-state index in [0.29, 0.717) is 0 Å². The van der Waals surface area contributed by atoms with Gasteiger partial charge in [0.25, 0.3) is 5.91 Å². The molecule has 24 heavy (non-hydrogen) atoms. The van der Waals surface area contributed by atoms with Crippen LogP contribution in [0.1, 0.15) is 45.0 Å². The Hall–Kier alpha value is -1.93. The van der Waals surface area contributed by atoms with Crippen LogP contribution in [0.2, 0.25) is 0 Å². The molecule has 1 atom stereocenters. The van der Waals surface area contributed by atoms with Crippen molar-refractivity contribution in [2.24, 2.45) is 0 Å². The van der Waals surface area contributed by atoms with Gasteiger partial charge in [-0.3, -0.25) is 4.79 Å². The normalized spacial score (nSPS) is 13.2. The standard InChI is InChI=1S/C16H24N2O5S/c1-6-17-24(21,22)13-9-7-12(8-10-13)15(20)23-11(2)14(19)18-16(3,4)5/h7-11,17H,6H2,1-5H3,(H,18,19). The average molecular weight is 356 g/mol. The molecule has 1 rings (SSSR count). The molecule has 0 saturated heterocycles. The summed E-state index contributed by atoms with van der Waals surface area (Å²) >= 11 is 0. The smallest absolute Gasteiger partial charge is 0.338 e. The highest BCUT2D eigenvalue weighted by Gasteiger charge is 2.23. The van der Waals surface area contributed by atoms with Gasteiger partial charge in [0.2, 0.25) is 10.0 Å². The van der Waals surface area contributed by atoms with Gasteiger partial charge in [0.15, 0.2) is 6.10 Å². The minimum atomic E-state index is -3.58. The van der Waals surface area contributed by atoms with Crippen molar-refractivity contribution in [3.8, 4) is 0 Å². The van der Waals surface area contributed by atoms with Crippen molar-refractivity contribution in [1.29, 1.82) is 0 Å². The van der Waals surface area contributed by atoms with Crippen LogP contribution in [0.25, 0.3) is 0 Å². The lowest BCUT2D eigenvalue weighted by atomic mass is 10.1. The minimum absolute atomic E-state index is 0.0550. The molecule has 1 unspecified atom stereocenters. The van der Waals surface area contributed by atoms with Crippen molar-refractivity contribution in [1.82, 2.24) is 10.0 Å². The van der Waals surface area contributed by atoms with Crippen molar-refractivity contribution in [3.05, 3.63) is 29.8 Å². The zero-order valence-corrected chi connectivity index (χ0v) is 15.4. The molecule has 2 N–H and O–H groups in total. The topological polar surface area (TPSA) is 102 Å². The predicted molar refractivity (Wildman–Crippen MR) is 90.1 cm³/mol. The number of hydrogen-bond acceptors (Lipinski definition) is 5. The summed E-state index contributed by atoms with van der Waals surface area (Å²) in [4.78, 5) is 24.0. The second-order valence-electron chi connectivity index (χ2n) is 6.31. The van der Waals surface area contributed by atoms with Gasteiger partial charge < -0.3 is 10.1 Å². The van der Waals surface area contributed by atoms with Crippen LogP contribution in [0.4, 0.5) is 0 Å². The van der Waals surface area contributed by atoms with E-state index >= 15 is 0 Å². The fraction of sp³-hybridized carbons (Fsp3) is 0.500. The second kappa shape index (κ2) is 7.76. The summed E-state index contributed by atoms with van der Waals surface area (Å²) in [5.41, 5.74) is -0.263. The summed E-state index contributed by atoms with van der Waals surface area (Å²) in [6.45, 7) is 8.89. The lowest BCUT2D eigenvalue weighted by Crippen LogP contribution is -2.46. The number of carbonyl (C=O) groups excluding carboxylic acids is 2. The number of carbonyl (C=O) groups is 2. The molecule has 0 heterocycles. The molecular weight excluding hydrogens is 332 g/mol. The van der Waals surface area contributed by atoms with Gasteiger partial charge in [0.1, 0.15) is 0 Å². The minimum Gasteiger partial charge on any atom is -0.449 e. The zero-order chi connectivity index (χ0) is 18.5. The fourth-order valence-corrected chi connectivity index (χ4v) is 2.84. The summed E-state index contributed by atoms with van der Waals surface area (Å²) in [6.07, 6.45) is -0.957. The highest BCUT2D eigenvalue weighted by molar-refractivity contribution is 7.89. The molecule has 1 amide bonds. The number of ether oxygens (including phenoxy) is 1. The van der Waals surface area contributed by atoms with Gasteiger partial charge in [-0.15, -0.1) is 0 Å². The van der Waals surface area contributed by atoms with Gasteiger partial charge in [-0.2, -0.15) is 0 Å². The van der Waals surface area contributed by atoms with Crippen molar-refractivity contribution < 1.29 is 22.7 Å². The number of nitrogens with one attached hydrogen (secondary N) is 2. The predicted octanol–water partition coefficient (Wildman–Crippen LogP) is 1.44. The number of sulfonamides is 1. The molecule has 1 aromatic rings. The molecule has 7 nitrogen and oxygen atoms in total. The molecule has 0 aliphatic carbocycles. The molecule has 0 radical (unpaired) electrons. The molecule has 8 heteroatoms. The van der Waals surface area contributed by atoms with Gasteiger partial charge >= 0.3 is 5.97 Å². The first-order valence-electron chi connectivity index (χ1n) is 7.59. The third-order valence-electron chi connectivity index (χ3n) is 2.89. The van der Waals surface area contributed by atoms with E-state index in [-0.39, 0.29) is 17.0 Å². The van der Waals surface area contributed by atoms with Gasteiger partial charge in [0.05, 0.1) is 10.5 Å².